The fraction of sp³-hybridized carbons (Fsp3) is 0.267. The summed E-state index contributed by atoms with van der Waals surface area (Å²) in [4.78, 5) is 25.3. The van der Waals surface area contributed by atoms with Crippen LogP contribution in [0.4, 0.5) is 13.2 Å². The first-order valence-corrected chi connectivity index (χ1v) is 12.9. The van der Waals surface area contributed by atoms with Gasteiger partial charge in [0.15, 0.2) is 11.9 Å². The Morgan fingerprint density at radius 3 is 2.30 bits per heavy atom. The summed E-state index contributed by atoms with van der Waals surface area (Å²) in [6.07, 6.45) is -5.54. The van der Waals surface area contributed by atoms with Crippen molar-refractivity contribution in [2.75, 3.05) is 0 Å². The first kappa shape index (κ1) is 29.0. The van der Waals surface area contributed by atoms with Crippen LogP contribution in [0.1, 0.15) is 48.0 Å². The number of halogens is 4. The topological polar surface area (TPSA) is 77.8 Å². The molecule has 0 aliphatic heterocycles. The number of carbonyl (C=O) groups is 2. The highest BCUT2D eigenvalue weighted by atomic mass is 35.5. The Morgan fingerprint density at radius 2 is 1.70 bits per heavy atom. The summed E-state index contributed by atoms with van der Waals surface area (Å²) in [7, 11) is 0. The molecule has 10 heteroatoms. The van der Waals surface area contributed by atoms with Crippen molar-refractivity contribution in [2.24, 2.45) is 5.92 Å². The second kappa shape index (κ2) is 11.6. The van der Waals surface area contributed by atoms with Gasteiger partial charge in [0, 0.05) is 40.2 Å². The molecule has 0 fully saturated rings. The highest BCUT2D eigenvalue weighted by molar-refractivity contribution is 6.30. The van der Waals surface area contributed by atoms with E-state index >= 15 is 0 Å². The van der Waals surface area contributed by atoms with Crippen LogP contribution >= 0.6 is 11.6 Å². The number of aliphatic carboxylic acids is 1. The molecule has 0 radical (unpaired) electrons. The number of ketones is 1. The zero-order valence-electron chi connectivity index (χ0n) is 22.0. The van der Waals surface area contributed by atoms with E-state index in [2.05, 4.69) is 4.74 Å². The summed E-state index contributed by atoms with van der Waals surface area (Å²) in [5.74, 6) is -1.74. The monoisotopic (exact) mass is 573 g/mol. The third-order valence-electron chi connectivity index (χ3n) is 6.40. The van der Waals surface area contributed by atoms with E-state index in [4.69, 9.17) is 16.3 Å². The molecule has 40 heavy (non-hydrogen) atoms. The Hall–Kier alpha value is -3.98. The molecule has 210 valence electrons. The number of alkyl halides is 3. The Kier molecular flexibility index (Phi) is 8.44. The molecule has 0 spiro atoms. The summed E-state index contributed by atoms with van der Waals surface area (Å²) >= 11 is 6.00. The molecule has 4 rings (SSSR count). The maximum atomic E-state index is 13.7. The molecule has 6 nitrogen and oxygen atoms in total. The van der Waals surface area contributed by atoms with E-state index in [0.717, 1.165) is 0 Å². The van der Waals surface area contributed by atoms with Crippen molar-refractivity contribution in [2.45, 2.75) is 46.2 Å². The van der Waals surface area contributed by atoms with Gasteiger partial charge in [0.1, 0.15) is 11.5 Å². The van der Waals surface area contributed by atoms with E-state index in [0.29, 0.717) is 50.5 Å². The maximum Gasteiger partial charge on any atom is 0.573 e. The number of carbonyl (C=O) groups excluding carboxylic acids is 1. The lowest BCUT2D eigenvalue weighted by Crippen LogP contribution is -2.32. The van der Waals surface area contributed by atoms with Gasteiger partial charge in [-0.3, -0.25) is 4.79 Å². The van der Waals surface area contributed by atoms with E-state index < -0.39 is 24.2 Å². The zero-order chi connectivity index (χ0) is 29.2. The van der Waals surface area contributed by atoms with Crippen molar-refractivity contribution < 1.29 is 37.3 Å². The number of aromatic nitrogens is 1. The number of ether oxygens (including phenoxy) is 2. The molecular weight excluding hydrogens is 547 g/mol. The van der Waals surface area contributed by atoms with Gasteiger partial charge >= 0.3 is 12.3 Å². The van der Waals surface area contributed by atoms with Crippen LogP contribution in [0.3, 0.4) is 0 Å². The normalized spacial score (nSPS) is 12.5. The Balaban J connectivity index is 1.84. The molecule has 1 aromatic heterocycles. The zero-order valence-corrected chi connectivity index (χ0v) is 22.7. The summed E-state index contributed by atoms with van der Waals surface area (Å²) in [5.41, 5.74) is 2.46. The van der Waals surface area contributed by atoms with Crippen molar-refractivity contribution in [3.63, 3.8) is 0 Å². The number of rotatable bonds is 10. The predicted octanol–water partition coefficient (Wildman–Crippen LogP) is 7.52. The van der Waals surface area contributed by atoms with Gasteiger partial charge in [-0.2, -0.15) is 0 Å². The van der Waals surface area contributed by atoms with Gasteiger partial charge in [-0.05, 0) is 60.5 Å². The second-order valence-corrected chi connectivity index (χ2v) is 10.0. The fourth-order valence-electron chi connectivity index (χ4n) is 4.64. The summed E-state index contributed by atoms with van der Waals surface area (Å²) in [6, 6.07) is 17.1. The Labute approximate surface area is 233 Å². The number of fused-ring (bicyclic) bond motifs is 1. The van der Waals surface area contributed by atoms with Crippen molar-refractivity contribution in [3.8, 4) is 11.5 Å². The van der Waals surface area contributed by atoms with Crippen LogP contribution in [-0.4, -0.2) is 33.9 Å². The SMILES string of the molecule is CCc1c(C(=O)c2ccc(Cl)cc2)c2ccc(OC(F)(F)F)cc2n1Cc1cccc(OC(C(=O)O)C(C)C)c1. The number of carboxylic acid groups (broad SMARTS) is 1. The molecule has 3 aromatic carbocycles. The van der Waals surface area contributed by atoms with Crippen LogP contribution in [0, 0.1) is 5.92 Å². The van der Waals surface area contributed by atoms with Crippen LogP contribution in [0.15, 0.2) is 66.7 Å². The molecule has 0 aliphatic rings. The quantitative estimate of drug-likeness (QED) is 0.199. The number of hydrogen-bond donors (Lipinski definition) is 1. The average Bonchev–Trinajstić information content (AvgIpc) is 3.18. The van der Waals surface area contributed by atoms with E-state index in [1.54, 1.807) is 66.9 Å². The third kappa shape index (κ3) is 6.42. The first-order chi connectivity index (χ1) is 18.9. The van der Waals surface area contributed by atoms with E-state index in [9.17, 15) is 27.9 Å². The van der Waals surface area contributed by atoms with Crippen LogP contribution < -0.4 is 9.47 Å². The smallest absolute Gasteiger partial charge is 0.478 e. The van der Waals surface area contributed by atoms with Crippen LogP contribution in [0.2, 0.25) is 5.02 Å². The molecule has 0 amide bonds. The Morgan fingerprint density at radius 1 is 1.00 bits per heavy atom. The second-order valence-electron chi connectivity index (χ2n) is 9.59. The van der Waals surface area contributed by atoms with Gasteiger partial charge in [0.2, 0.25) is 0 Å². The summed E-state index contributed by atoms with van der Waals surface area (Å²) in [6.45, 7) is 5.51. The molecule has 1 heterocycles. The lowest BCUT2D eigenvalue weighted by Gasteiger charge is -2.19. The van der Waals surface area contributed by atoms with E-state index in [1.165, 1.54) is 18.2 Å². The summed E-state index contributed by atoms with van der Waals surface area (Å²) in [5, 5.41) is 10.4. The molecule has 0 aliphatic carbocycles. The minimum atomic E-state index is -4.89. The summed E-state index contributed by atoms with van der Waals surface area (Å²) < 4.78 is 50.8. The number of nitrogens with zero attached hydrogens (tertiary/aromatic N) is 1. The third-order valence-corrected chi connectivity index (χ3v) is 6.65. The number of hydrogen-bond acceptors (Lipinski definition) is 4. The molecule has 1 atom stereocenters. The highest BCUT2D eigenvalue weighted by Gasteiger charge is 2.32. The molecule has 1 unspecified atom stereocenters. The van der Waals surface area contributed by atoms with Crippen LogP contribution in [-0.2, 0) is 17.8 Å². The maximum absolute atomic E-state index is 13.7. The van der Waals surface area contributed by atoms with Crippen molar-refractivity contribution in [1.29, 1.82) is 0 Å². The predicted molar refractivity (Wildman–Crippen MR) is 145 cm³/mol. The minimum Gasteiger partial charge on any atom is -0.478 e. The van der Waals surface area contributed by atoms with Crippen molar-refractivity contribution in [3.05, 3.63) is 94.1 Å². The molecule has 0 saturated carbocycles. The largest absolute Gasteiger partial charge is 0.573 e. The van der Waals surface area contributed by atoms with Crippen molar-refractivity contribution in [1.82, 2.24) is 4.57 Å². The average molecular weight is 574 g/mol. The number of benzene rings is 3. The lowest BCUT2D eigenvalue weighted by molar-refractivity contribution is -0.274. The minimum absolute atomic E-state index is 0.180. The molecule has 4 aromatic rings. The standard InChI is InChI=1S/C30H27ClF3NO5/c1-4-24-26(27(36)19-8-10-20(31)11-9-19)23-13-12-22(40-30(32,33)34)15-25(23)35(24)16-18-6-5-7-21(14-18)39-28(17(2)3)29(37)38/h5-15,17,28H,4,16H2,1-3H3,(H,37,38). The van der Waals surface area contributed by atoms with Crippen LogP contribution in [0.25, 0.3) is 10.9 Å². The molecule has 0 saturated heterocycles. The molecule has 1 N–H and O–H groups in total. The van der Waals surface area contributed by atoms with E-state index in [-0.39, 0.29) is 18.2 Å². The number of carboxylic acids is 1. The van der Waals surface area contributed by atoms with Gasteiger partial charge in [0.25, 0.3) is 0 Å². The van der Waals surface area contributed by atoms with Gasteiger partial charge in [-0.1, -0.05) is 44.5 Å². The Bertz CT molecular complexity index is 1540. The van der Waals surface area contributed by atoms with Crippen molar-refractivity contribution >= 4 is 34.3 Å². The molecular formula is C30H27ClF3NO5. The van der Waals surface area contributed by atoms with Gasteiger partial charge < -0.3 is 19.1 Å². The van der Waals surface area contributed by atoms with Gasteiger partial charge in [-0.25, -0.2) is 4.79 Å². The van der Waals surface area contributed by atoms with Crippen LogP contribution in [0.5, 0.6) is 11.5 Å². The first-order valence-electron chi connectivity index (χ1n) is 12.6. The van der Waals surface area contributed by atoms with Gasteiger partial charge in [0.05, 0.1) is 11.1 Å². The lowest BCUT2D eigenvalue weighted by atomic mass is 9.99. The fourth-order valence-corrected chi connectivity index (χ4v) is 4.77. The van der Waals surface area contributed by atoms with Gasteiger partial charge in [-0.15, -0.1) is 13.2 Å². The molecule has 0 bridgehead atoms. The highest BCUT2D eigenvalue weighted by Crippen LogP contribution is 2.34. The van der Waals surface area contributed by atoms with E-state index in [1.807, 2.05) is 6.92 Å².